The molecule has 0 atom stereocenters. The van der Waals surface area contributed by atoms with E-state index in [2.05, 4.69) is 0 Å². The van der Waals surface area contributed by atoms with Crippen LogP contribution in [0.4, 0.5) is 0 Å². The molecular formula is C22H17NO2. The molecule has 0 radical (unpaired) electrons. The summed E-state index contributed by atoms with van der Waals surface area (Å²) < 4.78 is 7.55. The summed E-state index contributed by atoms with van der Waals surface area (Å²) in [5.41, 5.74) is 4.30. The minimum absolute atomic E-state index is 0.262. The van der Waals surface area contributed by atoms with E-state index in [1.54, 1.807) is 0 Å². The number of hydrogen-bond acceptors (Lipinski definition) is 2. The van der Waals surface area contributed by atoms with Crippen LogP contribution in [-0.4, -0.2) is 10.4 Å². The van der Waals surface area contributed by atoms with E-state index < -0.39 is 0 Å². The first-order valence-electron chi connectivity index (χ1n) is 8.19. The molecule has 0 spiro atoms. The summed E-state index contributed by atoms with van der Waals surface area (Å²) in [5, 5.41) is 0. The summed E-state index contributed by atoms with van der Waals surface area (Å²) in [6, 6.07) is 25.4. The normalized spacial score (nSPS) is 10.7. The van der Waals surface area contributed by atoms with Crippen molar-refractivity contribution in [2.75, 3.05) is 0 Å². The number of aromatic nitrogens is 1. The van der Waals surface area contributed by atoms with Crippen LogP contribution in [0.1, 0.15) is 15.9 Å². The Morgan fingerprint density at radius 3 is 2.28 bits per heavy atom. The second-order valence-electron chi connectivity index (χ2n) is 5.84. The molecule has 122 valence electrons. The van der Waals surface area contributed by atoms with E-state index in [9.17, 15) is 4.79 Å². The van der Waals surface area contributed by atoms with Crippen molar-refractivity contribution in [2.24, 2.45) is 0 Å². The van der Waals surface area contributed by atoms with Gasteiger partial charge in [-0.25, -0.2) is 4.79 Å². The lowest BCUT2D eigenvalue weighted by Crippen LogP contribution is -2.06. The van der Waals surface area contributed by atoms with Crippen molar-refractivity contribution in [1.29, 1.82) is 0 Å². The quantitative estimate of drug-likeness (QED) is 0.496. The monoisotopic (exact) mass is 327 g/mol. The number of esters is 1. The van der Waals surface area contributed by atoms with Gasteiger partial charge in [-0.1, -0.05) is 66.7 Å². The Morgan fingerprint density at radius 2 is 1.52 bits per heavy atom. The SMILES string of the molecule is O=C(OCc1ccccc1)c1c(-c2ccccc2)cn2ccccc12. The van der Waals surface area contributed by atoms with E-state index in [4.69, 9.17) is 4.74 Å². The molecule has 0 fully saturated rings. The van der Waals surface area contributed by atoms with Gasteiger partial charge in [-0.2, -0.15) is 0 Å². The summed E-state index contributed by atoms with van der Waals surface area (Å²) in [7, 11) is 0. The third-order valence-corrected chi connectivity index (χ3v) is 4.19. The lowest BCUT2D eigenvalue weighted by molar-refractivity contribution is 0.0476. The molecule has 0 aliphatic rings. The van der Waals surface area contributed by atoms with Crippen LogP contribution in [0.3, 0.4) is 0 Å². The largest absolute Gasteiger partial charge is 0.457 e. The summed E-state index contributed by atoms with van der Waals surface area (Å²) in [6.45, 7) is 0.262. The highest BCUT2D eigenvalue weighted by Gasteiger charge is 2.20. The zero-order valence-corrected chi connectivity index (χ0v) is 13.6. The molecule has 2 heterocycles. The second-order valence-corrected chi connectivity index (χ2v) is 5.84. The van der Waals surface area contributed by atoms with Crippen molar-refractivity contribution in [3.8, 4) is 11.1 Å². The molecule has 25 heavy (non-hydrogen) atoms. The van der Waals surface area contributed by atoms with Crippen molar-refractivity contribution >= 4 is 11.5 Å². The average Bonchev–Trinajstić information content (AvgIpc) is 3.07. The smallest absolute Gasteiger partial charge is 0.341 e. The topological polar surface area (TPSA) is 30.7 Å². The number of ether oxygens (including phenoxy) is 1. The molecule has 0 aliphatic carbocycles. The van der Waals surface area contributed by atoms with E-state index in [1.165, 1.54) is 0 Å². The summed E-state index contributed by atoms with van der Waals surface area (Å²) in [5.74, 6) is -0.309. The third-order valence-electron chi connectivity index (χ3n) is 4.19. The molecule has 0 saturated carbocycles. The number of rotatable bonds is 4. The minimum atomic E-state index is -0.309. The number of pyridine rings is 1. The van der Waals surface area contributed by atoms with E-state index in [0.29, 0.717) is 5.56 Å². The number of benzene rings is 2. The first-order chi connectivity index (χ1) is 12.3. The Kier molecular flexibility index (Phi) is 4.05. The predicted octanol–water partition coefficient (Wildman–Crippen LogP) is 4.96. The summed E-state index contributed by atoms with van der Waals surface area (Å²) >= 11 is 0. The van der Waals surface area contributed by atoms with Crippen molar-refractivity contribution in [2.45, 2.75) is 6.61 Å². The molecule has 3 nitrogen and oxygen atoms in total. The molecule has 0 aliphatic heterocycles. The number of hydrogen-bond donors (Lipinski definition) is 0. The Bertz CT molecular complexity index is 1000. The molecule has 0 bridgehead atoms. The predicted molar refractivity (Wildman–Crippen MR) is 98.4 cm³/mol. The summed E-state index contributed by atoms with van der Waals surface area (Å²) in [6.07, 6.45) is 3.92. The zero-order valence-electron chi connectivity index (χ0n) is 13.6. The van der Waals surface area contributed by atoms with Gasteiger partial charge in [0.25, 0.3) is 0 Å². The maximum Gasteiger partial charge on any atom is 0.341 e. The maximum absolute atomic E-state index is 12.9. The van der Waals surface area contributed by atoms with Gasteiger partial charge in [0, 0.05) is 18.0 Å². The molecule has 0 amide bonds. The molecule has 4 rings (SSSR count). The number of fused-ring (bicyclic) bond motifs is 1. The van der Waals surface area contributed by atoms with Gasteiger partial charge in [-0.3, -0.25) is 0 Å². The number of nitrogens with zero attached hydrogens (tertiary/aromatic N) is 1. The van der Waals surface area contributed by atoms with Crippen LogP contribution in [0.2, 0.25) is 0 Å². The highest BCUT2D eigenvalue weighted by atomic mass is 16.5. The molecule has 3 heteroatoms. The van der Waals surface area contributed by atoms with E-state index >= 15 is 0 Å². The molecule has 0 unspecified atom stereocenters. The zero-order chi connectivity index (χ0) is 17.1. The first-order valence-corrected chi connectivity index (χ1v) is 8.19. The molecule has 4 aromatic rings. The highest BCUT2D eigenvalue weighted by Crippen LogP contribution is 2.29. The molecule has 2 aromatic carbocycles. The molecular weight excluding hydrogens is 310 g/mol. The Morgan fingerprint density at radius 1 is 0.840 bits per heavy atom. The van der Waals surface area contributed by atoms with Crippen LogP contribution in [0, 0.1) is 0 Å². The van der Waals surface area contributed by atoms with E-state index in [1.807, 2.05) is 95.7 Å². The molecule has 0 saturated heterocycles. The van der Waals surface area contributed by atoms with Crippen LogP contribution in [0.25, 0.3) is 16.6 Å². The van der Waals surface area contributed by atoms with Crippen molar-refractivity contribution in [3.63, 3.8) is 0 Å². The number of carbonyl (C=O) groups is 1. The van der Waals surface area contributed by atoms with Crippen LogP contribution in [-0.2, 0) is 11.3 Å². The summed E-state index contributed by atoms with van der Waals surface area (Å²) in [4.78, 5) is 12.9. The Balaban J connectivity index is 1.73. The van der Waals surface area contributed by atoms with Crippen molar-refractivity contribution in [1.82, 2.24) is 4.40 Å². The van der Waals surface area contributed by atoms with Gasteiger partial charge >= 0.3 is 5.97 Å². The Labute approximate surface area is 146 Å². The first kappa shape index (κ1) is 15.2. The fourth-order valence-corrected chi connectivity index (χ4v) is 2.97. The van der Waals surface area contributed by atoms with Crippen molar-refractivity contribution in [3.05, 3.63) is 102 Å². The van der Waals surface area contributed by atoms with E-state index in [-0.39, 0.29) is 12.6 Å². The number of carbonyl (C=O) groups excluding carboxylic acids is 1. The maximum atomic E-state index is 12.9. The lowest BCUT2D eigenvalue weighted by Gasteiger charge is -2.07. The van der Waals surface area contributed by atoms with Gasteiger partial charge in [0.2, 0.25) is 0 Å². The standard InChI is InChI=1S/C22H17NO2/c24-22(25-16-17-9-3-1-4-10-17)21-19(18-11-5-2-6-12-18)15-23-14-8-7-13-20(21)23/h1-15H,16H2. The highest BCUT2D eigenvalue weighted by molar-refractivity contribution is 6.04. The van der Waals surface area contributed by atoms with Gasteiger partial charge in [0.05, 0.1) is 11.1 Å². The van der Waals surface area contributed by atoms with Crippen LogP contribution >= 0.6 is 0 Å². The molecule has 0 N–H and O–H groups in total. The third kappa shape index (κ3) is 3.04. The van der Waals surface area contributed by atoms with E-state index in [0.717, 1.165) is 22.2 Å². The minimum Gasteiger partial charge on any atom is -0.457 e. The fraction of sp³-hybridized carbons (Fsp3) is 0.0455. The Hall–Kier alpha value is -3.33. The van der Waals surface area contributed by atoms with Gasteiger partial charge in [-0.15, -0.1) is 0 Å². The fourth-order valence-electron chi connectivity index (χ4n) is 2.97. The second kappa shape index (κ2) is 6.65. The van der Waals surface area contributed by atoms with Crippen LogP contribution in [0.15, 0.2) is 91.3 Å². The van der Waals surface area contributed by atoms with Gasteiger partial charge < -0.3 is 9.14 Å². The van der Waals surface area contributed by atoms with Crippen LogP contribution in [0.5, 0.6) is 0 Å². The van der Waals surface area contributed by atoms with Gasteiger partial charge in [-0.05, 0) is 23.3 Å². The average molecular weight is 327 g/mol. The lowest BCUT2D eigenvalue weighted by atomic mass is 10.0. The van der Waals surface area contributed by atoms with Gasteiger partial charge in [0.15, 0.2) is 0 Å². The van der Waals surface area contributed by atoms with Crippen molar-refractivity contribution < 1.29 is 9.53 Å². The van der Waals surface area contributed by atoms with Crippen LogP contribution < -0.4 is 0 Å². The van der Waals surface area contributed by atoms with Gasteiger partial charge in [0.1, 0.15) is 6.61 Å². The molecule has 2 aromatic heterocycles.